The maximum Gasteiger partial charge on any atom is 0.276 e. The van der Waals surface area contributed by atoms with Crippen LogP contribution >= 0.6 is 0 Å². The van der Waals surface area contributed by atoms with E-state index in [-0.39, 0.29) is 5.91 Å². The molecule has 0 saturated carbocycles. The predicted octanol–water partition coefficient (Wildman–Crippen LogP) is -0.978. The van der Waals surface area contributed by atoms with Gasteiger partial charge in [-0.15, -0.1) is 5.10 Å². The molecule has 0 spiro atoms. The zero-order chi connectivity index (χ0) is 10.1. The number of nitrogens with zero attached hydrogens (tertiary/aromatic N) is 4. The summed E-state index contributed by atoms with van der Waals surface area (Å²) in [6.07, 6.45) is 1.69. The fourth-order valence-electron chi connectivity index (χ4n) is 1.53. The number of aliphatic hydroxyl groups is 1. The van der Waals surface area contributed by atoms with Crippen LogP contribution in [0.2, 0.25) is 0 Å². The van der Waals surface area contributed by atoms with E-state index < -0.39 is 6.10 Å². The van der Waals surface area contributed by atoms with E-state index >= 15 is 0 Å². The summed E-state index contributed by atoms with van der Waals surface area (Å²) in [6.45, 7) is 0.992. The fraction of sp³-hybridized carbons (Fsp3) is 0.625. The minimum atomic E-state index is -0.393. The third kappa shape index (κ3) is 1.60. The van der Waals surface area contributed by atoms with Gasteiger partial charge in [0.25, 0.3) is 5.91 Å². The molecule has 2 rings (SSSR count). The molecule has 1 unspecified atom stereocenters. The molecule has 0 aliphatic carbocycles. The molecule has 1 aliphatic rings. The van der Waals surface area contributed by atoms with Gasteiger partial charge in [-0.1, -0.05) is 0 Å². The summed E-state index contributed by atoms with van der Waals surface area (Å²) in [5.41, 5.74) is 0.335. The van der Waals surface area contributed by atoms with Crippen LogP contribution in [0.1, 0.15) is 16.9 Å². The van der Waals surface area contributed by atoms with Crippen molar-refractivity contribution in [2.45, 2.75) is 12.5 Å². The highest BCUT2D eigenvalue weighted by Crippen LogP contribution is 2.11. The smallest absolute Gasteiger partial charge is 0.276 e. The van der Waals surface area contributed by atoms with Crippen molar-refractivity contribution in [3.63, 3.8) is 0 Å². The van der Waals surface area contributed by atoms with Crippen LogP contribution in [0.3, 0.4) is 0 Å². The number of aromatic nitrogens is 3. The van der Waals surface area contributed by atoms with Gasteiger partial charge in [-0.3, -0.25) is 4.79 Å². The molecule has 1 atom stereocenters. The summed E-state index contributed by atoms with van der Waals surface area (Å²) in [5, 5.41) is 17.0. The Bertz CT molecular complexity index is 349. The molecule has 0 bridgehead atoms. The van der Waals surface area contributed by atoms with Crippen molar-refractivity contribution in [2.75, 3.05) is 13.1 Å². The lowest BCUT2D eigenvalue weighted by Gasteiger charge is -2.12. The predicted molar refractivity (Wildman–Crippen MR) is 47.5 cm³/mol. The van der Waals surface area contributed by atoms with Crippen molar-refractivity contribution >= 4 is 5.91 Å². The molecule has 76 valence electrons. The summed E-state index contributed by atoms with van der Waals surface area (Å²) < 4.78 is 0. The summed E-state index contributed by atoms with van der Waals surface area (Å²) in [5.74, 6) is -0.158. The van der Waals surface area contributed by atoms with Crippen molar-refractivity contribution in [1.82, 2.24) is 19.9 Å². The van der Waals surface area contributed by atoms with Crippen LogP contribution in [0, 0.1) is 0 Å². The van der Waals surface area contributed by atoms with Crippen molar-refractivity contribution in [3.8, 4) is 0 Å². The lowest BCUT2D eigenvalue weighted by atomic mass is 10.3. The van der Waals surface area contributed by atoms with Gasteiger partial charge in [-0.05, 0) is 6.42 Å². The standard InChI is InChI=1S/C8H12N4O2/c1-11-9-4-7(10-11)8(14)12-3-2-6(13)5-12/h4,6,13H,2-3,5H2,1H3. The number of aliphatic hydroxyl groups excluding tert-OH is 1. The first-order valence-corrected chi connectivity index (χ1v) is 4.50. The molecule has 1 fully saturated rings. The van der Waals surface area contributed by atoms with Gasteiger partial charge in [-0.25, -0.2) is 0 Å². The van der Waals surface area contributed by atoms with E-state index in [4.69, 9.17) is 0 Å². The average Bonchev–Trinajstić information content (AvgIpc) is 2.73. The highest BCUT2D eigenvalue weighted by molar-refractivity contribution is 5.92. The second-order valence-corrected chi connectivity index (χ2v) is 3.41. The molecule has 6 heteroatoms. The number of carbonyl (C=O) groups excluding carboxylic acids is 1. The van der Waals surface area contributed by atoms with Gasteiger partial charge in [0.05, 0.1) is 12.3 Å². The van der Waals surface area contributed by atoms with E-state index in [1.165, 1.54) is 11.0 Å². The lowest BCUT2D eigenvalue weighted by molar-refractivity contribution is 0.0758. The van der Waals surface area contributed by atoms with E-state index in [9.17, 15) is 9.90 Å². The fourth-order valence-corrected chi connectivity index (χ4v) is 1.53. The maximum atomic E-state index is 11.7. The van der Waals surface area contributed by atoms with Gasteiger partial charge in [0, 0.05) is 20.1 Å². The Morgan fingerprint density at radius 3 is 3.00 bits per heavy atom. The molecular formula is C8H12N4O2. The Morgan fingerprint density at radius 2 is 2.50 bits per heavy atom. The summed E-state index contributed by atoms with van der Waals surface area (Å²) in [7, 11) is 1.66. The number of likely N-dealkylation sites (tertiary alicyclic amines) is 1. The Balaban J connectivity index is 2.09. The SMILES string of the molecule is Cn1ncc(C(=O)N2CCC(O)C2)n1. The number of hydrogen-bond acceptors (Lipinski definition) is 4. The number of rotatable bonds is 1. The van der Waals surface area contributed by atoms with Crippen molar-refractivity contribution < 1.29 is 9.90 Å². The van der Waals surface area contributed by atoms with Crippen LogP contribution in [-0.2, 0) is 7.05 Å². The van der Waals surface area contributed by atoms with E-state index in [1.54, 1.807) is 11.9 Å². The van der Waals surface area contributed by atoms with Crippen LogP contribution in [0.25, 0.3) is 0 Å². The molecule has 1 saturated heterocycles. The van der Waals surface area contributed by atoms with Crippen molar-refractivity contribution in [1.29, 1.82) is 0 Å². The van der Waals surface area contributed by atoms with Crippen LogP contribution in [0.5, 0.6) is 0 Å². The molecule has 1 aliphatic heterocycles. The Morgan fingerprint density at radius 1 is 1.71 bits per heavy atom. The zero-order valence-electron chi connectivity index (χ0n) is 7.92. The summed E-state index contributed by atoms with van der Waals surface area (Å²) in [4.78, 5) is 14.6. The highest BCUT2D eigenvalue weighted by Gasteiger charge is 2.26. The first kappa shape index (κ1) is 9.14. The average molecular weight is 196 g/mol. The second-order valence-electron chi connectivity index (χ2n) is 3.41. The quantitative estimate of drug-likeness (QED) is 0.626. The topological polar surface area (TPSA) is 71.2 Å². The van der Waals surface area contributed by atoms with Gasteiger partial charge in [-0.2, -0.15) is 9.90 Å². The molecule has 1 amide bonds. The largest absolute Gasteiger partial charge is 0.391 e. The molecule has 0 radical (unpaired) electrons. The first-order valence-electron chi connectivity index (χ1n) is 4.50. The molecular weight excluding hydrogens is 184 g/mol. The van der Waals surface area contributed by atoms with E-state index in [0.717, 1.165) is 0 Å². The van der Waals surface area contributed by atoms with E-state index in [1.807, 2.05) is 0 Å². The Labute approximate surface area is 81.1 Å². The van der Waals surface area contributed by atoms with Gasteiger partial charge in [0.1, 0.15) is 0 Å². The molecule has 2 heterocycles. The van der Waals surface area contributed by atoms with E-state index in [0.29, 0.717) is 25.2 Å². The second kappa shape index (κ2) is 3.38. The third-order valence-corrected chi connectivity index (χ3v) is 2.27. The van der Waals surface area contributed by atoms with Crippen LogP contribution in [0.15, 0.2) is 6.20 Å². The maximum absolute atomic E-state index is 11.7. The third-order valence-electron chi connectivity index (χ3n) is 2.27. The van der Waals surface area contributed by atoms with Crippen LogP contribution in [0.4, 0.5) is 0 Å². The van der Waals surface area contributed by atoms with E-state index in [2.05, 4.69) is 10.2 Å². The number of β-amino-alcohol motifs (C(OH)–C–C–N with tert-alkyl or cyclic N) is 1. The van der Waals surface area contributed by atoms with Gasteiger partial charge in [0.2, 0.25) is 0 Å². The zero-order valence-corrected chi connectivity index (χ0v) is 7.92. The Hall–Kier alpha value is -1.43. The first-order chi connectivity index (χ1) is 6.66. The van der Waals surface area contributed by atoms with Crippen molar-refractivity contribution in [2.24, 2.45) is 7.05 Å². The summed E-state index contributed by atoms with van der Waals surface area (Å²) >= 11 is 0. The number of carbonyl (C=O) groups is 1. The molecule has 0 aromatic carbocycles. The lowest BCUT2D eigenvalue weighted by Crippen LogP contribution is -2.29. The monoisotopic (exact) mass is 196 g/mol. The van der Waals surface area contributed by atoms with Gasteiger partial charge in [0.15, 0.2) is 5.69 Å². The summed E-state index contributed by atoms with van der Waals surface area (Å²) in [6, 6.07) is 0. The highest BCUT2D eigenvalue weighted by atomic mass is 16.3. The molecule has 6 nitrogen and oxygen atoms in total. The number of hydrogen-bond donors (Lipinski definition) is 1. The molecule has 1 aromatic rings. The molecule has 1 aromatic heterocycles. The van der Waals surface area contributed by atoms with Crippen LogP contribution < -0.4 is 0 Å². The van der Waals surface area contributed by atoms with Gasteiger partial charge < -0.3 is 10.0 Å². The minimum absolute atomic E-state index is 0.158. The van der Waals surface area contributed by atoms with Crippen molar-refractivity contribution in [3.05, 3.63) is 11.9 Å². The Kier molecular flexibility index (Phi) is 2.20. The van der Waals surface area contributed by atoms with Crippen LogP contribution in [-0.4, -0.2) is 50.1 Å². The molecule has 14 heavy (non-hydrogen) atoms. The molecule has 1 N–H and O–H groups in total. The number of amides is 1. The minimum Gasteiger partial charge on any atom is -0.391 e. The van der Waals surface area contributed by atoms with Gasteiger partial charge >= 0.3 is 0 Å². The number of aryl methyl sites for hydroxylation is 1. The normalized spacial score (nSPS) is 21.6.